The first-order valence-corrected chi connectivity index (χ1v) is 6.58. The molecule has 0 atom stereocenters. The highest BCUT2D eigenvalue weighted by atomic mass is 35.5. The van der Waals surface area contributed by atoms with E-state index in [1.54, 1.807) is 0 Å². The third-order valence-electron chi connectivity index (χ3n) is 2.60. The molecule has 0 unspecified atom stereocenters. The lowest BCUT2D eigenvalue weighted by Crippen LogP contribution is -2.24. The normalized spacial score (nSPS) is 10.5. The lowest BCUT2D eigenvalue weighted by Gasteiger charge is -2.09. The average molecular weight is 304 g/mol. The van der Waals surface area contributed by atoms with Crippen LogP contribution in [0, 0.1) is 0 Å². The summed E-state index contributed by atoms with van der Waals surface area (Å²) in [4.78, 5) is 10.6. The molecule has 2 rings (SSSR count). The van der Waals surface area contributed by atoms with E-state index in [1.165, 1.54) is 6.21 Å². The van der Waals surface area contributed by atoms with Crippen LogP contribution in [0.1, 0.15) is 11.1 Å². The lowest BCUT2D eigenvalue weighted by atomic mass is 10.2. The highest BCUT2D eigenvalue weighted by Crippen LogP contribution is 2.18. The fourth-order valence-corrected chi connectivity index (χ4v) is 1.75. The Balaban J connectivity index is 2.04. The number of rotatable bonds is 5. The Morgan fingerprint density at radius 2 is 1.95 bits per heavy atom. The maximum Gasteiger partial charge on any atom is 0.332 e. The van der Waals surface area contributed by atoms with Crippen LogP contribution in [0.2, 0.25) is 5.02 Å². The van der Waals surface area contributed by atoms with Gasteiger partial charge in [-0.25, -0.2) is 10.2 Å². The number of hydrazone groups is 1. The van der Waals surface area contributed by atoms with Gasteiger partial charge in [0.05, 0.1) is 6.21 Å². The molecule has 21 heavy (non-hydrogen) atoms. The van der Waals surface area contributed by atoms with E-state index in [-0.39, 0.29) is 0 Å². The predicted molar refractivity (Wildman–Crippen MR) is 82.5 cm³/mol. The quantitative estimate of drug-likeness (QED) is 0.658. The van der Waals surface area contributed by atoms with Crippen molar-refractivity contribution in [3.8, 4) is 5.75 Å². The van der Waals surface area contributed by atoms with Crippen LogP contribution in [0.15, 0.2) is 53.6 Å². The molecule has 3 N–H and O–H groups in total. The van der Waals surface area contributed by atoms with Gasteiger partial charge in [-0.15, -0.1) is 0 Å². The number of carbonyl (C=O) groups is 1. The summed E-state index contributed by atoms with van der Waals surface area (Å²) in [5.41, 5.74) is 8.81. The van der Waals surface area contributed by atoms with Gasteiger partial charge >= 0.3 is 6.03 Å². The van der Waals surface area contributed by atoms with E-state index in [9.17, 15) is 4.79 Å². The smallest absolute Gasteiger partial charge is 0.332 e. The standard InChI is InChI=1S/C15H14ClN3O2/c16-13-7-5-11(6-8-13)10-21-14-4-2-1-3-12(14)9-18-19-15(17)20/h1-9H,10H2,(H3,17,19,20)/b18-9+. The number of amides is 2. The van der Waals surface area contributed by atoms with Gasteiger partial charge < -0.3 is 10.5 Å². The Hall–Kier alpha value is -2.53. The van der Waals surface area contributed by atoms with Crippen molar-refractivity contribution in [1.29, 1.82) is 0 Å². The summed E-state index contributed by atoms with van der Waals surface area (Å²) in [7, 11) is 0. The van der Waals surface area contributed by atoms with Gasteiger partial charge in [-0.1, -0.05) is 35.9 Å². The van der Waals surface area contributed by atoms with Gasteiger partial charge in [-0.05, 0) is 29.8 Å². The van der Waals surface area contributed by atoms with Crippen LogP contribution >= 0.6 is 11.6 Å². The van der Waals surface area contributed by atoms with Crippen LogP contribution in [0.4, 0.5) is 4.79 Å². The zero-order chi connectivity index (χ0) is 15.1. The number of primary amides is 1. The Bertz CT molecular complexity index is 642. The van der Waals surface area contributed by atoms with Crippen LogP contribution in [0.5, 0.6) is 5.75 Å². The highest BCUT2D eigenvalue weighted by Gasteiger charge is 2.01. The number of para-hydroxylation sites is 1. The molecule has 0 aromatic heterocycles. The molecule has 6 heteroatoms. The molecule has 0 spiro atoms. The fraction of sp³-hybridized carbons (Fsp3) is 0.0667. The Labute approximate surface area is 127 Å². The first kappa shape index (κ1) is 14.9. The van der Waals surface area contributed by atoms with E-state index in [0.717, 1.165) is 11.1 Å². The minimum Gasteiger partial charge on any atom is -0.488 e. The molecule has 2 aromatic carbocycles. The Kier molecular flexibility index (Phi) is 5.17. The number of nitrogens with one attached hydrogen (secondary N) is 1. The summed E-state index contributed by atoms with van der Waals surface area (Å²) in [6, 6.07) is 14.0. The number of urea groups is 1. The summed E-state index contributed by atoms with van der Waals surface area (Å²) in [6.45, 7) is 0.408. The number of nitrogens with zero attached hydrogens (tertiary/aromatic N) is 1. The van der Waals surface area contributed by atoms with Crippen molar-refractivity contribution in [2.75, 3.05) is 0 Å². The summed E-state index contributed by atoms with van der Waals surface area (Å²) < 4.78 is 5.74. The summed E-state index contributed by atoms with van der Waals surface area (Å²) in [6.07, 6.45) is 1.47. The topological polar surface area (TPSA) is 76.7 Å². The molecule has 0 heterocycles. The summed E-state index contributed by atoms with van der Waals surface area (Å²) in [5, 5.41) is 4.41. The van der Waals surface area contributed by atoms with Gasteiger partial charge in [0.15, 0.2) is 0 Å². The van der Waals surface area contributed by atoms with Gasteiger partial charge in [-0.3, -0.25) is 0 Å². The van der Waals surface area contributed by atoms with E-state index < -0.39 is 6.03 Å². The van der Waals surface area contributed by atoms with Gasteiger partial charge in [0.2, 0.25) is 0 Å². The van der Waals surface area contributed by atoms with Gasteiger partial charge in [0, 0.05) is 10.6 Å². The third-order valence-corrected chi connectivity index (χ3v) is 2.86. The highest BCUT2D eigenvalue weighted by molar-refractivity contribution is 6.30. The predicted octanol–water partition coefficient (Wildman–Crippen LogP) is 2.92. The Morgan fingerprint density at radius 3 is 2.67 bits per heavy atom. The van der Waals surface area contributed by atoms with E-state index >= 15 is 0 Å². The summed E-state index contributed by atoms with van der Waals surface area (Å²) >= 11 is 5.83. The molecule has 2 amide bonds. The van der Waals surface area contributed by atoms with Crippen molar-refractivity contribution in [3.05, 3.63) is 64.7 Å². The SMILES string of the molecule is NC(=O)N/N=C/c1ccccc1OCc1ccc(Cl)cc1. The van der Waals surface area contributed by atoms with Crippen molar-refractivity contribution >= 4 is 23.8 Å². The van der Waals surface area contributed by atoms with Crippen LogP contribution < -0.4 is 15.9 Å². The lowest BCUT2D eigenvalue weighted by molar-refractivity contribution is 0.249. The van der Waals surface area contributed by atoms with Crippen LogP contribution in [-0.4, -0.2) is 12.2 Å². The number of carbonyl (C=O) groups excluding carboxylic acids is 1. The van der Waals surface area contributed by atoms with Crippen LogP contribution in [-0.2, 0) is 6.61 Å². The molecule has 0 aliphatic carbocycles. The van der Waals surface area contributed by atoms with Gasteiger partial charge in [0.25, 0.3) is 0 Å². The van der Waals surface area contributed by atoms with E-state index in [1.807, 2.05) is 48.5 Å². The maximum atomic E-state index is 10.6. The zero-order valence-electron chi connectivity index (χ0n) is 11.1. The molecule has 0 radical (unpaired) electrons. The first-order chi connectivity index (χ1) is 10.1. The van der Waals surface area contributed by atoms with E-state index in [2.05, 4.69) is 10.5 Å². The molecular formula is C15H14ClN3O2. The average Bonchev–Trinajstić information content (AvgIpc) is 2.47. The minimum absolute atomic E-state index is 0.408. The molecule has 0 bridgehead atoms. The molecule has 0 aliphatic heterocycles. The molecule has 108 valence electrons. The van der Waals surface area contributed by atoms with Crippen molar-refractivity contribution in [2.45, 2.75) is 6.61 Å². The number of halogens is 1. The third kappa shape index (κ3) is 4.81. The van der Waals surface area contributed by atoms with Crippen molar-refractivity contribution in [2.24, 2.45) is 10.8 Å². The maximum absolute atomic E-state index is 10.6. The van der Waals surface area contributed by atoms with Crippen molar-refractivity contribution < 1.29 is 9.53 Å². The van der Waals surface area contributed by atoms with Gasteiger partial charge in [-0.2, -0.15) is 5.10 Å². The van der Waals surface area contributed by atoms with Crippen molar-refractivity contribution in [1.82, 2.24) is 5.43 Å². The molecule has 2 aromatic rings. The zero-order valence-corrected chi connectivity index (χ0v) is 11.9. The number of ether oxygens (including phenoxy) is 1. The monoisotopic (exact) mass is 303 g/mol. The molecule has 0 saturated heterocycles. The van der Waals surface area contributed by atoms with Crippen molar-refractivity contribution in [3.63, 3.8) is 0 Å². The largest absolute Gasteiger partial charge is 0.488 e. The fourth-order valence-electron chi connectivity index (χ4n) is 1.63. The Morgan fingerprint density at radius 1 is 1.24 bits per heavy atom. The molecule has 0 aliphatic rings. The summed E-state index contributed by atoms with van der Waals surface area (Å²) in [5.74, 6) is 0.655. The minimum atomic E-state index is -0.717. The van der Waals surface area contributed by atoms with Crippen LogP contribution in [0.25, 0.3) is 0 Å². The van der Waals surface area contributed by atoms with E-state index in [0.29, 0.717) is 17.4 Å². The first-order valence-electron chi connectivity index (χ1n) is 6.20. The van der Waals surface area contributed by atoms with Gasteiger partial charge in [0.1, 0.15) is 12.4 Å². The number of hydrogen-bond donors (Lipinski definition) is 2. The second kappa shape index (κ2) is 7.31. The van der Waals surface area contributed by atoms with Crippen LogP contribution in [0.3, 0.4) is 0 Å². The molecular weight excluding hydrogens is 290 g/mol. The second-order valence-corrected chi connectivity index (χ2v) is 4.62. The number of benzene rings is 2. The molecule has 5 nitrogen and oxygen atoms in total. The molecule has 0 saturated carbocycles. The second-order valence-electron chi connectivity index (χ2n) is 4.19. The van der Waals surface area contributed by atoms with E-state index in [4.69, 9.17) is 22.1 Å². The number of hydrogen-bond acceptors (Lipinski definition) is 3. The number of nitrogens with two attached hydrogens (primary N) is 1. The molecule has 0 fully saturated rings.